The Morgan fingerprint density at radius 3 is 2.79 bits per heavy atom. The average Bonchev–Trinajstić information content (AvgIpc) is 2.18. The third-order valence-electron chi connectivity index (χ3n) is 1.71. The molecule has 0 N–H and O–H groups in total. The van der Waals surface area contributed by atoms with Crippen molar-refractivity contribution in [2.45, 2.75) is 13.0 Å². The van der Waals surface area contributed by atoms with Gasteiger partial charge in [0.1, 0.15) is 6.10 Å². The number of ether oxygens (including phenoxy) is 1. The molecule has 0 spiro atoms. The summed E-state index contributed by atoms with van der Waals surface area (Å²) in [5, 5.41) is 10.6. The molecular weight excluding hydrogens is 182 g/mol. The summed E-state index contributed by atoms with van der Waals surface area (Å²) in [4.78, 5) is 10.1. The molecule has 0 saturated carbocycles. The fourth-order valence-corrected chi connectivity index (χ4v) is 0.956. The highest BCUT2D eigenvalue weighted by Gasteiger charge is 2.14. The van der Waals surface area contributed by atoms with Gasteiger partial charge in [0.15, 0.2) is 5.75 Å². The second-order valence-electron chi connectivity index (χ2n) is 2.78. The fraction of sp³-hybridized carbons (Fsp3) is 0.200. The Morgan fingerprint density at radius 1 is 1.57 bits per heavy atom. The lowest BCUT2D eigenvalue weighted by molar-refractivity contribution is -0.386. The molecule has 0 fully saturated rings. The standard InChI is InChI=1S/C10H11NO3/c1-3-8(2)14-10-7-5-4-6-9(10)11(12)13/h3-8H,1H2,2H3. The number of para-hydroxylation sites is 2. The molecule has 1 rings (SSSR count). The zero-order valence-electron chi connectivity index (χ0n) is 7.84. The first-order valence-electron chi connectivity index (χ1n) is 4.17. The van der Waals surface area contributed by atoms with Crippen LogP contribution in [0.5, 0.6) is 5.75 Å². The van der Waals surface area contributed by atoms with Gasteiger partial charge in [-0.3, -0.25) is 10.1 Å². The summed E-state index contributed by atoms with van der Waals surface area (Å²) in [5.41, 5.74) is -0.0267. The summed E-state index contributed by atoms with van der Waals surface area (Å²) in [6.07, 6.45) is 1.34. The normalized spacial score (nSPS) is 11.8. The van der Waals surface area contributed by atoms with Crippen LogP contribution >= 0.6 is 0 Å². The highest BCUT2D eigenvalue weighted by Crippen LogP contribution is 2.26. The van der Waals surface area contributed by atoms with Gasteiger partial charge >= 0.3 is 5.69 Å². The largest absolute Gasteiger partial charge is 0.480 e. The van der Waals surface area contributed by atoms with Crippen LogP contribution in [0.25, 0.3) is 0 Å². The molecule has 1 unspecified atom stereocenters. The first kappa shape index (κ1) is 10.2. The van der Waals surface area contributed by atoms with Crippen molar-refractivity contribution in [3.8, 4) is 5.75 Å². The molecule has 1 aromatic rings. The molecule has 4 heteroatoms. The SMILES string of the molecule is C=CC(C)Oc1ccccc1[N+](=O)[O-]. The third-order valence-corrected chi connectivity index (χ3v) is 1.71. The van der Waals surface area contributed by atoms with Crippen LogP contribution in [0, 0.1) is 10.1 Å². The minimum Gasteiger partial charge on any atom is -0.480 e. The quantitative estimate of drug-likeness (QED) is 0.419. The molecule has 0 aliphatic heterocycles. The maximum Gasteiger partial charge on any atom is 0.310 e. The van der Waals surface area contributed by atoms with E-state index in [0.29, 0.717) is 0 Å². The van der Waals surface area contributed by atoms with Crippen LogP contribution in [-0.4, -0.2) is 11.0 Å². The van der Waals surface area contributed by atoms with Crippen LogP contribution in [-0.2, 0) is 0 Å². The first-order valence-corrected chi connectivity index (χ1v) is 4.17. The molecule has 14 heavy (non-hydrogen) atoms. The second kappa shape index (κ2) is 4.41. The summed E-state index contributed by atoms with van der Waals surface area (Å²) >= 11 is 0. The van der Waals surface area contributed by atoms with E-state index in [1.165, 1.54) is 6.07 Å². The summed E-state index contributed by atoms with van der Waals surface area (Å²) in [5.74, 6) is 0.268. The molecule has 0 radical (unpaired) electrons. The van der Waals surface area contributed by atoms with E-state index in [1.54, 1.807) is 31.2 Å². The Labute approximate surface area is 82.0 Å². The molecule has 0 aliphatic carbocycles. The van der Waals surface area contributed by atoms with Gasteiger partial charge in [0.05, 0.1) is 4.92 Å². The minimum absolute atomic E-state index is 0.0267. The third kappa shape index (κ3) is 2.32. The van der Waals surface area contributed by atoms with Gasteiger partial charge in [0.2, 0.25) is 0 Å². The van der Waals surface area contributed by atoms with Gasteiger partial charge in [0.25, 0.3) is 0 Å². The maximum absolute atomic E-state index is 10.6. The molecule has 0 bridgehead atoms. The van der Waals surface area contributed by atoms with Gasteiger partial charge in [-0.15, -0.1) is 0 Å². The van der Waals surface area contributed by atoms with E-state index in [2.05, 4.69) is 6.58 Å². The molecule has 0 amide bonds. The number of benzene rings is 1. The van der Waals surface area contributed by atoms with Crippen molar-refractivity contribution in [2.24, 2.45) is 0 Å². The molecule has 4 nitrogen and oxygen atoms in total. The van der Waals surface area contributed by atoms with Crippen molar-refractivity contribution >= 4 is 5.69 Å². The Bertz CT molecular complexity index is 349. The van der Waals surface area contributed by atoms with E-state index in [4.69, 9.17) is 4.74 Å². The number of nitrogens with zero attached hydrogens (tertiary/aromatic N) is 1. The monoisotopic (exact) mass is 193 g/mol. The Morgan fingerprint density at radius 2 is 2.21 bits per heavy atom. The molecule has 0 saturated heterocycles. The molecule has 0 aliphatic rings. The van der Waals surface area contributed by atoms with Gasteiger partial charge in [-0.05, 0) is 13.0 Å². The summed E-state index contributed by atoms with van der Waals surface area (Å²) in [6.45, 7) is 5.30. The smallest absolute Gasteiger partial charge is 0.310 e. The number of hydrogen-bond donors (Lipinski definition) is 0. The van der Waals surface area contributed by atoms with Crippen LogP contribution < -0.4 is 4.74 Å². The Balaban J connectivity index is 2.95. The topological polar surface area (TPSA) is 52.4 Å². The zero-order chi connectivity index (χ0) is 10.6. The average molecular weight is 193 g/mol. The molecule has 1 aromatic carbocycles. The lowest BCUT2D eigenvalue weighted by Crippen LogP contribution is -2.08. The van der Waals surface area contributed by atoms with Crippen LogP contribution in [0.3, 0.4) is 0 Å². The maximum atomic E-state index is 10.6. The molecule has 74 valence electrons. The highest BCUT2D eigenvalue weighted by molar-refractivity contribution is 5.45. The zero-order valence-corrected chi connectivity index (χ0v) is 7.84. The van der Waals surface area contributed by atoms with Crippen LogP contribution in [0.1, 0.15) is 6.92 Å². The van der Waals surface area contributed by atoms with Gasteiger partial charge in [-0.2, -0.15) is 0 Å². The van der Waals surface area contributed by atoms with Gasteiger partial charge in [-0.25, -0.2) is 0 Å². The van der Waals surface area contributed by atoms with E-state index < -0.39 is 4.92 Å². The van der Waals surface area contributed by atoms with Crippen LogP contribution in [0.2, 0.25) is 0 Å². The number of nitro benzene ring substituents is 1. The van der Waals surface area contributed by atoms with E-state index in [1.807, 2.05) is 0 Å². The van der Waals surface area contributed by atoms with Gasteiger partial charge in [0, 0.05) is 6.07 Å². The number of hydrogen-bond acceptors (Lipinski definition) is 3. The van der Waals surface area contributed by atoms with E-state index in [-0.39, 0.29) is 17.5 Å². The lowest BCUT2D eigenvalue weighted by atomic mass is 10.3. The number of nitro groups is 1. The molecule has 0 heterocycles. The van der Waals surface area contributed by atoms with Crippen LogP contribution in [0.4, 0.5) is 5.69 Å². The highest BCUT2D eigenvalue weighted by atomic mass is 16.6. The van der Waals surface area contributed by atoms with Crippen molar-refractivity contribution in [3.05, 3.63) is 47.0 Å². The van der Waals surface area contributed by atoms with Gasteiger partial charge in [-0.1, -0.05) is 24.8 Å². The number of rotatable bonds is 4. The molecule has 1 atom stereocenters. The molecular formula is C10H11NO3. The van der Waals surface area contributed by atoms with Crippen LogP contribution in [0.15, 0.2) is 36.9 Å². The lowest BCUT2D eigenvalue weighted by Gasteiger charge is -2.09. The van der Waals surface area contributed by atoms with E-state index in [9.17, 15) is 10.1 Å². The van der Waals surface area contributed by atoms with Crippen molar-refractivity contribution in [2.75, 3.05) is 0 Å². The summed E-state index contributed by atoms with van der Waals surface area (Å²) < 4.78 is 5.30. The van der Waals surface area contributed by atoms with E-state index >= 15 is 0 Å². The van der Waals surface area contributed by atoms with Crippen molar-refractivity contribution < 1.29 is 9.66 Å². The fourth-order valence-electron chi connectivity index (χ4n) is 0.956. The predicted molar refractivity (Wildman–Crippen MR) is 53.4 cm³/mol. The van der Waals surface area contributed by atoms with Crippen molar-refractivity contribution in [1.29, 1.82) is 0 Å². The van der Waals surface area contributed by atoms with Crippen molar-refractivity contribution in [1.82, 2.24) is 0 Å². The van der Waals surface area contributed by atoms with Crippen molar-refractivity contribution in [3.63, 3.8) is 0 Å². The van der Waals surface area contributed by atoms with Gasteiger partial charge < -0.3 is 4.74 Å². The Hall–Kier alpha value is -1.84. The first-order chi connectivity index (χ1) is 6.65. The minimum atomic E-state index is -0.467. The summed E-state index contributed by atoms with van der Waals surface area (Å²) in [7, 11) is 0. The van der Waals surface area contributed by atoms with E-state index in [0.717, 1.165) is 0 Å². The summed E-state index contributed by atoms with van der Waals surface area (Å²) in [6, 6.07) is 6.27. The second-order valence-corrected chi connectivity index (χ2v) is 2.78. The Kier molecular flexibility index (Phi) is 3.23. The molecule has 0 aromatic heterocycles. The predicted octanol–water partition coefficient (Wildman–Crippen LogP) is 2.55.